The number of para-hydroxylation sites is 1. The van der Waals surface area contributed by atoms with Crippen LogP contribution in [0.15, 0.2) is 66.2 Å². The summed E-state index contributed by atoms with van der Waals surface area (Å²) in [6.07, 6.45) is 4.59. The van der Waals surface area contributed by atoms with Crippen LogP contribution in [-0.2, 0) is 16.0 Å². The molecule has 1 aliphatic rings. The Labute approximate surface area is 196 Å². The number of benzene rings is 2. The number of rotatable bonds is 6. The van der Waals surface area contributed by atoms with Crippen molar-refractivity contribution in [2.75, 3.05) is 18.4 Å². The number of carbonyl (C=O) groups is 2. The molecule has 2 amide bonds. The minimum absolute atomic E-state index is 0.00814. The van der Waals surface area contributed by atoms with Gasteiger partial charge >= 0.3 is 0 Å². The number of piperidine rings is 1. The van der Waals surface area contributed by atoms with Gasteiger partial charge in [0.05, 0.1) is 5.69 Å². The summed E-state index contributed by atoms with van der Waals surface area (Å²) < 4.78 is 0. The lowest BCUT2D eigenvalue weighted by Crippen LogP contribution is -2.41. The number of fused-ring (bicyclic) bond motifs is 1. The van der Waals surface area contributed by atoms with Gasteiger partial charge in [0.2, 0.25) is 11.8 Å². The van der Waals surface area contributed by atoms with E-state index < -0.39 is 0 Å². The van der Waals surface area contributed by atoms with Gasteiger partial charge in [0.15, 0.2) is 5.13 Å². The molecule has 5 rings (SSSR count). The van der Waals surface area contributed by atoms with Gasteiger partial charge in [-0.05, 0) is 30.9 Å². The third kappa shape index (κ3) is 4.83. The molecule has 0 unspecified atom stereocenters. The van der Waals surface area contributed by atoms with Gasteiger partial charge < -0.3 is 15.2 Å². The normalized spacial score (nSPS) is 14.5. The van der Waals surface area contributed by atoms with E-state index in [1.807, 2.05) is 65.0 Å². The molecule has 0 spiro atoms. The molecule has 0 atom stereocenters. The number of aryl methyl sites for hydroxylation is 1. The molecule has 7 heteroatoms. The monoisotopic (exact) mass is 458 g/mol. The fourth-order valence-electron chi connectivity index (χ4n) is 4.39. The number of hydrogen-bond acceptors (Lipinski definition) is 4. The molecular weight excluding hydrogens is 432 g/mol. The highest BCUT2D eigenvalue weighted by Gasteiger charge is 2.27. The summed E-state index contributed by atoms with van der Waals surface area (Å²) >= 11 is 1.44. The Kier molecular flexibility index (Phi) is 6.21. The standard InChI is InChI=1S/C26H26N4O2S/c31-24(11-10-18-6-2-1-3-7-18)30-14-12-19(13-15-30)25(32)29-26-28-23(17-33-26)21-16-27-22-9-5-4-8-20(21)22/h1-9,16-17,19,27H,10-15H2,(H,28,29,32). The summed E-state index contributed by atoms with van der Waals surface area (Å²) in [5.74, 6) is 0.0656. The van der Waals surface area contributed by atoms with Crippen LogP contribution in [0.5, 0.6) is 0 Å². The van der Waals surface area contributed by atoms with Crippen LogP contribution in [0.2, 0.25) is 0 Å². The first-order chi connectivity index (χ1) is 16.2. The van der Waals surface area contributed by atoms with E-state index in [0.29, 0.717) is 37.5 Å². The number of thiazole rings is 1. The molecule has 0 bridgehead atoms. The van der Waals surface area contributed by atoms with Crippen molar-refractivity contribution in [1.82, 2.24) is 14.9 Å². The zero-order valence-corrected chi connectivity index (χ0v) is 19.1. The lowest BCUT2D eigenvalue weighted by molar-refractivity contribution is -0.134. The van der Waals surface area contributed by atoms with Crippen molar-refractivity contribution < 1.29 is 9.59 Å². The van der Waals surface area contributed by atoms with E-state index in [-0.39, 0.29) is 17.7 Å². The summed E-state index contributed by atoms with van der Waals surface area (Å²) in [6, 6.07) is 18.2. The Balaban J connectivity index is 1.13. The molecule has 1 aliphatic heterocycles. The van der Waals surface area contributed by atoms with Crippen molar-refractivity contribution in [2.45, 2.75) is 25.7 Å². The van der Waals surface area contributed by atoms with Gasteiger partial charge in [0, 0.05) is 53.5 Å². The number of hydrogen-bond donors (Lipinski definition) is 2. The number of anilines is 1. The molecule has 2 aromatic carbocycles. The number of aromatic amines is 1. The van der Waals surface area contributed by atoms with Crippen molar-refractivity contribution in [3.8, 4) is 11.3 Å². The zero-order valence-electron chi connectivity index (χ0n) is 18.3. The highest BCUT2D eigenvalue weighted by Crippen LogP contribution is 2.31. The molecule has 0 aliphatic carbocycles. The Bertz CT molecular complexity index is 1260. The van der Waals surface area contributed by atoms with Gasteiger partial charge in [0.25, 0.3) is 0 Å². The maximum absolute atomic E-state index is 12.8. The molecule has 1 fully saturated rings. The average molecular weight is 459 g/mol. The largest absolute Gasteiger partial charge is 0.360 e. The third-order valence-corrected chi connectivity index (χ3v) is 7.05. The Morgan fingerprint density at radius 3 is 2.64 bits per heavy atom. The van der Waals surface area contributed by atoms with Gasteiger partial charge in [-0.3, -0.25) is 9.59 Å². The third-order valence-electron chi connectivity index (χ3n) is 6.29. The molecule has 0 saturated carbocycles. The van der Waals surface area contributed by atoms with Gasteiger partial charge in [-0.1, -0.05) is 48.5 Å². The number of aromatic nitrogens is 2. The Morgan fingerprint density at radius 2 is 1.82 bits per heavy atom. The number of likely N-dealkylation sites (tertiary alicyclic amines) is 1. The van der Waals surface area contributed by atoms with Crippen LogP contribution in [0.3, 0.4) is 0 Å². The molecule has 0 radical (unpaired) electrons. The molecule has 2 N–H and O–H groups in total. The van der Waals surface area contributed by atoms with Crippen LogP contribution in [0, 0.1) is 5.92 Å². The van der Waals surface area contributed by atoms with E-state index in [1.165, 1.54) is 16.9 Å². The summed E-state index contributed by atoms with van der Waals surface area (Å²) in [7, 11) is 0. The van der Waals surface area contributed by atoms with E-state index in [1.54, 1.807) is 0 Å². The molecular formula is C26H26N4O2S. The van der Waals surface area contributed by atoms with Crippen molar-refractivity contribution in [3.63, 3.8) is 0 Å². The van der Waals surface area contributed by atoms with E-state index in [0.717, 1.165) is 28.6 Å². The first-order valence-corrected chi connectivity index (χ1v) is 12.2. The van der Waals surface area contributed by atoms with Gasteiger partial charge in [0.1, 0.15) is 0 Å². The van der Waals surface area contributed by atoms with E-state index in [9.17, 15) is 9.59 Å². The molecule has 33 heavy (non-hydrogen) atoms. The first kappa shape index (κ1) is 21.4. The second-order valence-corrected chi connectivity index (χ2v) is 9.27. The van der Waals surface area contributed by atoms with Crippen LogP contribution >= 0.6 is 11.3 Å². The maximum atomic E-state index is 12.8. The fourth-order valence-corrected chi connectivity index (χ4v) is 5.10. The van der Waals surface area contributed by atoms with Gasteiger partial charge in [-0.15, -0.1) is 11.3 Å². The summed E-state index contributed by atoms with van der Waals surface area (Å²) in [6.45, 7) is 1.26. The van der Waals surface area contributed by atoms with Crippen LogP contribution in [0.25, 0.3) is 22.2 Å². The Hall–Kier alpha value is -3.45. The van der Waals surface area contributed by atoms with Crippen LogP contribution in [0.4, 0.5) is 5.13 Å². The number of amides is 2. The molecule has 4 aromatic rings. The molecule has 3 heterocycles. The lowest BCUT2D eigenvalue weighted by Gasteiger charge is -2.31. The molecule has 168 valence electrons. The SMILES string of the molecule is O=C(Nc1nc(-c2c[nH]c3ccccc23)cs1)C1CCN(C(=O)CCc2ccccc2)CC1. The molecule has 6 nitrogen and oxygen atoms in total. The molecule has 2 aromatic heterocycles. The quantitative estimate of drug-likeness (QED) is 0.422. The maximum Gasteiger partial charge on any atom is 0.229 e. The van der Waals surface area contributed by atoms with Crippen molar-refractivity contribution in [2.24, 2.45) is 5.92 Å². The van der Waals surface area contributed by atoms with Crippen LogP contribution in [0.1, 0.15) is 24.8 Å². The first-order valence-electron chi connectivity index (χ1n) is 11.3. The highest BCUT2D eigenvalue weighted by molar-refractivity contribution is 7.14. The number of nitrogens with one attached hydrogen (secondary N) is 2. The minimum atomic E-state index is -0.0939. The number of nitrogens with zero attached hydrogens (tertiary/aromatic N) is 2. The van der Waals surface area contributed by atoms with Crippen LogP contribution in [-0.4, -0.2) is 39.8 Å². The number of H-pyrrole nitrogens is 1. The summed E-state index contributed by atoms with van der Waals surface area (Å²) in [5.41, 5.74) is 4.13. The molecule has 1 saturated heterocycles. The summed E-state index contributed by atoms with van der Waals surface area (Å²) in [4.78, 5) is 35.2. The van der Waals surface area contributed by atoms with E-state index >= 15 is 0 Å². The summed E-state index contributed by atoms with van der Waals surface area (Å²) in [5, 5.41) is 6.69. The van der Waals surface area contributed by atoms with Crippen molar-refractivity contribution >= 4 is 39.2 Å². The topological polar surface area (TPSA) is 78.1 Å². The smallest absolute Gasteiger partial charge is 0.229 e. The predicted molar refractivity (Wildman–Crippen MR) is 132 cm³/mol. The van der Waals surface area contributed by atoms with E-state index in [2.05, 4.69) is 21.4 Å². The van der Waals surface area contributed by atoms with Gasteiger partial charge in [-0.2, -0.15) is 0 Å². The lowest BCUT2D eigenvalue weighted by atomic mass is 9.95. The van der Waals surface area contributed by atoms with Crippen LogP contribution < -0.4 is 5.32 Å². The second kappa shape index (κ2) is 9.58. The fraction of sp³-hybridized carbons (Fsp3) is 0.269. The zero-order chi connectivity index (χ0) is 22.6. The Morgan fingerprint density at radius 1 is 1.06 bits per heavy atom. The van der Waals surface area contributed by atoms with E-state index in [4.69, 9.17) is 0 Å². The average Bonchev–Trinajstić information content (AvgIpc) is 3.50. The highest BCUT2D eigenvalue weighted by atomic mass is 32.1. The second-order valence-electron chi connectivity index (χ2n) is 8.42. The predicted octanol–water partition coefficient (Wildman–Crippen LogP) is 5.10. The van der Waals surface area contributed by atoms with Crippen molar-refractivity contribution in [1.29, 1.82) is 0 Å². The number of carbonyl (C=O) groups excluding carboxylic acids is 2. The van der Waals surface area contributed by atoms with Crippen molar-refractivity contribution in [3.05, 3.63) is 71.7 Å². The minimum Gasteiger partial charge on any atom is -0.360 e. The van der Waals surface area contributed by atoms with Gasteiger partial charge in [-0.25, -0.2) is 4.98 Å².